The molecule has 1 fully saturated rings. The standard InChI is InChI=1S/C12H14N4S/c13-15-11-10-6-3-7-16(10)12(17)8-4-1-2-5-9(8)14-11/h1-2,4-5,10H,3,6-7,13H2,(H,14,15). The minimum absolute atomic E-state index is 0.208. The molecule has 1 aromatic rings. The molecule has 0 spiro atoms. The third-order valence-corrected chi connectivity index (χ3v) is 3.81. The molecule has 4 nitrogen and oxygen atoms in total. The maximum absolute atomic E-state index is 5.58. The van der Waals surface area contributed by atoms with E-state index in [1.54, 1.807) is 0 Å². The van der Waals surface area contributed by atoms with E-state index in [1.165, 1.54) is 0 Å². The normalized spacial score (nSPS) is 22.6. The van der Waals surface area contributed by atoms with Gasteiger partial charge in [0.25, 0.3) is 0 Å². The number of hydrogen-bond donors (Lipinski definition) is 2. The first-order chi connectivity index (χ1) is 8.31. The molecule has 1 saturated heterocycles. The Morgan fingerprint density at radius 1 is 1.41 bits per heavy atom. The van der Waals surface area contributed by atoms with Gasteiger partial charge in [-0.2, -0.15) is 0 Å². The van der Waals surface area contributed by atoms with E-state index in [-0.39, 0.29) is 6.04 Å². The summed E-state index contributed by atoms with van der Waals surface area (Å²) in [5.74, 6) is 6.40. The number of hydrazine groups is 1. The number of fused-ring (bicyclic) bond motifs is 2. The van der Waals surface area contributed by atoms with Gasteiger partial charge in [0.15, 0.2) is 0 Å². The van der Waals surface area contributed by atoms with Gasteiger partial charge in [0.05, 0.1) is 11.7 Å². The van der Waals surface area contributed by atoms with Crippen LogP contribution in [0.15, 0.2) is 29.3 Å². The summed E-state index contributed by atoms with van der Waals surface area (Å²) in [6.07, 6.45) is 2.19. The Kier molecular flexibility index (Phi) is 2.57. The summed E-state index contributed by atoms with van der Waals surface area (Å²) in [5, 5.41) is 0. The lowest BCUT2D eigenvalue weighted by Gasteiger charge is -2.25. The van der Waals surface area contributed by atoms with Gasteiger partial charge in [0.2, 0.25) is 0 Å². The summed E-state index contributed by atoms with van der Waals surface area (Å²) in [6.45, 7) is 0.985. The summed E-state index contributed by atoms with van der Waals surface area (Å²) in [7, 11) is 0. The Morgan fingerprint density at radius 3 is 3.06 bits per heavy atom. The van der Waals surface area contributed by atoms with E-state index in [0.717, 1.165) is 41.5 Å². The fraction of sp³-hybridized carbons (Fsp3) is 0.333. The molecule has 0 saturated carbocycles. The molecule has 88 valence electrons. The van der Waals surface area contributed by atoms with E-state index in [1.807, 2.05) is 24.3 Å². The Labute approximate surface area is 105 Å². The van der Waals surface area contributed by atoms with Crippen LogP contribution >= 0.6 is 12.2 Å². The van der Waals surface area contributed by atoms with Crippen LogP contribution < -0.4 is 11.3 Å². The van der Waals surface area contributed by atoms with Crippen LogP contribution in [0.2, 0.25) is 0 Å². The van der Waals surface area contributed by atoms with Crippen LogP contribution in [0.4, 0.5) is 5.69 Å². The lowest BCUT2D eigenvalue weighted by Crippen LogP contribution is -2.46. The number of benzene rings is 1. The first-order valence-corrected chi connectivity index (χ1v) is 6.17. The molecular formula is C12H14N4S. The highest BCUT2D eigenvalue weighted by Crippen LogP contribution is 2.30. The first kappa shape index (κ1) is 10.7. The van der Waals surface area contributed by atoms with Crippen LogP contribution in [0, 0.1) is 0 Å². The van der Waals surface area contributed by atoms with Crippen molar-refractivity contribution < 1.29 is 0 Å². The van der Waals surface area contributed by atoms with Crippen molar-refractivity contribution in [2.45, 2.75) is 18.9 Å². The fourth-order valence-corrected chi connectivity index (χ4v) is 2.92. The van der Waals surface area contributed by atoms with Crippen molar-refractivity contribution in [3.8, 4) is 0 Å². The SMILES string of the molecule is NNC1=Nc2ccccc2C(=S)N2CCCC12. The number of para-hydroxylation sites is 1. The largest absolute Gasteiger partial charge is 0.352 e. The predicted molar refractivity (Wildman–Crippen MR) is 72.3 cm³/mol. The maximum Gasteiger partial charge on any atom is 0.139 e. The molecule has 2 heterocycles. The van der Waals surface area contributed by atoms with Gasteiger partial charge in [-0.15, -0.1) is 0 Å². The van der Waals surface area contributed by atoms with Crippen molar-refractivity contribution in [1.82, 2.24) is 10.3 Å². The predicted octanol–water partition coefficient (Wildman–Crippen LogP) is 1.33. The van der Waals surface area contributed by atoms with Crippen LogP contribution in [-0.2, 0) is 0 Å². The van der Waals surface area contributed by atoms with Gasteiger partial charge in [-0.05, 0) is 25.0 Å². The molecule has 17 heavy (non-hydrogen) atoms. The van der Waals surface area contributed by atoms with Crippen LogP contribution in [0.3, 0.4) is 0 Å². The van der Waals surface area contributed by atoms with E-state index in [9.17, 15) is 0 Å². The molecular weight excluding hydrogens is 232 g/mol. The molecule has 0 aromatic heterocycles. The average Bonchev–Trinajstić information content (AvgIpc) is 2.81. The van der Waals surface area contributed by atoms with Crippen molar-refractivity contribution >= 4 is 28.7 Å². The summed E-state index contributed by atoms with van der Waals surface area (Å²) >= 11 is 5.57. The van der Waals surface area contributed by atoms with Gasteiger partial charge in [0.1, 0.15) is 10.8 Å². The number of hydrogen-bond acceptors (Lipinski definition) is 4. The van der Waals surface area contributed by atoms with Crippen LogP contribution in [0.1, 0.15) is 18.4 Å². The number of aliphatic imine (C=N–C) groups is 1. The maximum atomic E-state index is 5.58. The highest BCUT2D eigenvalue weighted by Gasteiger charge is 2.33. The van der Waals surface area contributed by atoms with Crippen molar-refractivity contribution in [2.75, 3.05) is 6.54 Å². The van der Waals surface area contributed by atoms with E-state index < -0.39 is 0 Å². The second-order valence-corrected chi connectivity index (χ2v) is 4.70. The molecule has 2 aliphatic rings. The topological polar surface area (TPSA) is 53.6 Å². The molecule has 1 unspecified atom stereocenters. The third-order valence-electron chi connectivity index (χ3n) is 3.35. The van der Waals surface area contributed by atoms with Gasteiger partial charge in [-0.1, -0.05) is 24.4 Å². The monoisotopic (exact) mass is 246 g/mol. The Hall–Kier alpha value is -1.46. The number of nitrogens with two attached hydrogens (primary N) is 1. The molecule has 1 atom stereocenters. The van der Waals surface area contributed by atoms with Crippen molar-refractivity contribution in [3.05, 3.63) is 29.8 Å². The molecule has 5 heteroatoms. The lowest BCUT2D eigenvalue weighted by atomic mass is 10.1. The number of nitrogens with zero attached hydrogens (tertiary/aromatic N) is 2. The minimum Gasteiger partial charge on any atom is -0.352 e. The highest BCUT2D eigenvalue weighted by molar-refractivity contribution is 7.80. The molecule has 3 N–H and O–H groups in total. The van der Waals surface area contributed by atoms with Crippen molar-refractivity contribution in [3.63, 3.8) is 0 Å². The molecule has 1 aromatic carbocycles. The zero-order valence-electron chi connectivity index (χ0n) is 9.39. The van der Waals surface area contributed by atoms with Gasteiger partial charge in [-0.25, -0.2) is 10.8 Å². The van der Waals surface area contributed by atoms with E-state index in [0.29, 0.717) is 0 Å². The first-order valence-electron chi connectivity index (χ1n) is 5.76. The van der Waals surface area contributed by atoms with Crippen molar-refractivity contribution in [2.24, 2.45) is 10.8 Å². The zero-order valence-corrected chi connectivity index (χ0v) is 10.2. The number of amidine groups is 1. The summed E-state index contributed by atoms with van der Waals surface area (Å²) < 4.78 is 0. The van der Waals surface area contributed by atoms with E-state index in [2.05, 4.69) is 15.3 Å². The number of nitrogens with one attached hydrogen (secondary N) is 1. The summed E-state index contributed by atoms with van der Waals surface area (Å²) in [6, 6.07) is 8.17. The Balaban J connectivity index is 2.15. The smallest absolute Gasteiger partial charge is 0.139 e. The molecule has 0 radical (unpaired) electrons. The van der Waals surface area contributed by atoms with Gasteiger partial charge in [-0.3, -0.25) is 0 Å². The molecule has 3 rings (SSSR count). The summed E-state index contributed by atoms with van der Waals surface area (Å²) in [4.78, 5) is 7.71. The highest BCUT2D eigenvalue weighted by atomic mass is 32.1. The third kappa shape index (κ3) is 1.62. The molecule has 0 bridgehead atoms. The summed E-state index contributed by atoms with van der Waals surface area (Å²) in [5.41, 5.74) is 4.66. The van der Waals surface area contributed by atoms with E-state index >= 15 is 0 Å². The van der Waals surface area contributed by atoms with Crippen molar-refractivity contribution in [1.29, 1.82) is 0 Å². The van der Waals surface area contributed by atoms with Gasteiger partial charge in [0, 0.05) is 12.1 Å². The van der Waals surface area contributed by atoms with Gasteiger partial charge < -0.3 is 10.3 Å². The molecule has 0 amide bonds. The fourth-order valence-electron chi connectivity index (χ4n) is 2.53. The Morgan fingerprint density at radius 2 is 2.24 bits per heavy atom. The second-order valence-electron chi connectivity index (χ2n) is 4.32. The Bertz CT molecular complexity index is 497. The average molecular weight is 246 g/mol. The molecule has 2 aliphatic heterocycles. The van der Waals surface area contributed by atoms with Crippen LogP contribution in [0.5, 0.6) is 0 Å². The minimum atomic E-state index is 0.208. The second kappa shape index (κ2) is 4.09. The lowest BCUT2D eigenvalue weighted by molar-refractivity contribution is 0.470. The number of rotatable bonds is 0. The van der Waals surface area contributed by atoms with Crippen LogP contribution in [0.25, 0.3) is 0 Å². The number of thiocarbonyl (C=S) groups is 1. The molecule has 0 aliphatic carbocycles. The quantitative estimate of drug-likeness (QED) is 0.412. The zero-order chi connectivity index (χ0) is 11.8. The van der Waals surface area contributed by atoms with Gasteiger partial charge >= 0.3 is 0 Å². The van der Waals surface area contributed by atoms with E-state index in [4.69, 9.17) is 18.1 Å². The van der Waals surface area contributed by atoms with Crippen LogP contribution in [-0.4, -0.2) is 28.3 Å².